The minimum absolute atomic E-state index is 0. The van der Waals surface area contributed by atoms with Crippen LogP contribution in [0.4, 0.5) is 0 Å². The zero-order valence-corrected chi connectivity index (χ0v) is 7.79. The Balaban J connectivity index is -0.0000000800. The number of hydrogen-bond acceptors (Lipinski definition) is 4. The summed E-state index contributed by atoms with van der Waals surface area (Å²) in [6.07, 6.45) is 0. The van der Waals surface area contributed by atoms with Gasteiger partial charge in [-0.25, -0.2) is 0 Å². The van der Waals surface area contributed by atoms with Gasteiger partial charge in [-0.05, 0) is 0 Å². The standard InChI is InChI=1S/Ge.O4Si.Ti/c;1-5(2,3)4;/q+2;-4;+4. The van der Waals surface area contributed by atoms with Crippen molar-refractivity contribution in [2.24, 2.45) is 0 Å². The molecule has 0 fully saturated rings. The Labute approximate surface area is 67.5 Å². The van der Waals surface area contributed by atoms with Gasteiger partial charge in [0.05, 0.1) is 0 Å². The van der Waals surface area contributed by atoms with Gasteiger partial charge in [0.2, 0.25) is 0 Å². The van der Waals surface area contributed by atoms with Gasteiger partial charge in [-0.1, -0.05) is 0 Å². The molecular weight excluding hydrogens is 213 g/mol. The molecule has 0 rings (SSSR count). The van der Waals surface area contributed by atoms with Gasteiger partial charge < -0.3 is 28.2 Å². The molecule has 0 saturated heterocycles. The summed E-state index contributed by atoms with van der Waals surface area (Å²) in [6.45, 7) is 0. The predicted molar refractivity (Wildman–Crippen MR) is 11.5 cm³/mol. The summed E-state index contributed by atoms with van der Waals surface area (Å²) >= 11 is 0. The minimum Gasteiger partial charge on any atom is -0.894 e. The molecule has 0 N–H and O–H groups in total. The fourth-order valence-corrected chi connectivity index (χ4v) is 0. The third-order valence-corrected chi connectivity index (χ3v) is 0. The normalized spacial score (nSPS) is 8.57. The molecule has 0 amide bonds. The molecule has 0 aromatic heterocycles. The Morgan fingerprint density at radius 3 is 0.857 bits per heavy atom. The Morgan fingerprint density at radius 1 is 0.857 bits per heavy atom. The first kappa shape index (κ1) is 15.7. The van der Waals surface area contributed by atoms with Crippen LogP contribution >= 0.6 is 0 Å². The molecular formula is GeO4SiTi+2. The van der Waals surface area contributed by atoms with Crippen molar-refractivity contribution in [3.8, 4) is 0 Å². The van der Waals surface area contributed by atoms with Crippen LogP contribution in [0.2, 0.25) is 0 Å². The van der Waals surface area contributed by atoms with Gasteiger partial charge in [0.1, 0.15) is 0 Å². The van der Waals surface area contributed by atoms with Gasteiger partial charge in [0.15, 0.2) is 0 Å². The summed E-state index contributed by atoms with van der Waals surface area (Å²) in [5.74, 6) is 0. The van der Waals surface area contributed by atoms with E-state index in [4.69, 9.17) is 19.2 Å². The van der Waals surface area contributed by atoms with E-state index in [0.29, 0.717) is 0 Å². The second kappa shape index (κ2) is 5.45. The van der Waals surface area contributed by atoms with Crippen LogP contribution in [0.1, 0.15) is 0 Å². The largest absolute Gasteiger partial charge is 4.00 e. The SMILES string of the molecule is [Ge+2].[O-][Si]([O-])([O-])[O-].[Ti+4]. The van der Waals surface area contributed by atoms with E-state index in [-0.39, 0.29) is 39.3 Å². The molecule has 34 valence electrons. The van der Waals surface area contributed by atoms with Crippen LogP contribution in [0.5, 0.6) is 0 Å². The monoisotopic (exact) mass is 214 g/mol. The summed E-state index contributed by atoms with van der Waals surface area (Å²) in [7, 11) is -5.61. The van der Waals surface area contributed by atoms with E-state index in [0.717, 1.165) is 0 Å². The summed E-state index contributed by atoms with van der Waals surface area (Å²) < 4.78 is 0. The van der Waals surface area contributed by atoms with E-state index < -0.39 is 9.05 Å². The van der Waals surface area contributed by atoms with Crippen LogP contribution in [-0.4, -0.2) is 26.6 Å². The van der Waals surface area contributed by atoms with Crippen LogP contribution in [0.25, 0.3) is 0 Å². The maximum atomic E-state index is 8.58. The molecule has 0 bridgehead atoms. The van der Waals surface area contributed by atoms with E-state index in [2.05, 4.69) is 0 Å². The van der Waals surface area contributed by atoms with Crippen molar-refractivity contribution in [3.05, 3.63) is 0 Å². The van der Waals surface area contributed by atoms with Gasteiger partial charge >= 0.3 is 39.3 Å². The first-order valence-electron chi connectivity index (χ1n) is 0.816. The summed E-state index contributed by atoms with van der Waals surface area (Å²) in [4.78, 5) is 34.3. The van der Waals surface area contributed by atoms with E-state index in [1.807, 2.05) is 0 Å². The third kappa shape index (κ3) is 120. The average Bonchev–Trinajstić information content (AvgIpc) is 0.722. The molecule has 0 spiro atoms. The van der Waals surface area contributed by atoms with Crippen LogP contribution in [0, 0.1) is 0 Å². The average molecular weight is 213 g/mol. The maximum Gasteiger partial charge on any atom is 4.00 e. The van der Waals surface area contributed by atoms with Gasteiger partial charge in [-0.3, -0.25) is 0 Å². The fraction of sp³-hybridized carbons (Fsp3) is 0. The molecule has 7 heteroatoms. The molecule has 0 atom stereocenters. The van der Waals surface area contributed by atoms with Crippen LogP contribution in [0.15, 0.2) is 0 Å². The second-order valence-corrected chi connectivity index (χ2v) is 1.50. The number of rotatable bonds is 0. The van der Waals surface area contributed by atoms with Crippen molar-refractivity contribution in [1.82, 2.24) is 0 Å². The van der Waals surface area contributed by atoms with Crippen molar-refractivity contribution in [1.29, 1.82) is 0 Å². The quantitative estimate of drug-likeness (QED) is 0.375. The first-order valence-corrected chi connectivity index (χ1v) is 2.45. The van der Waals surface area contributed by atoms with Gasteiger partial charge in [-0.2, -0.15) is 0 Å². The molecule has 0 aliphatic rings. The second-order valence-electron chi connectivity index (χ2n) is 0.500. The maximum absolute atomic E-state index is 8.58. The topological polar surface area (TPSA) is 92.2 Å². The molecule has 0 saturated carbocycles. The van der Waals surface area contributed by atoms with E-state index in [9.17, 15) is 0 Å². The fourth-order valence-electron chi connectivity index (χ4n) is 0. The Kier molecular flexibility index (Phi) is 12.3. The van der Waals surface area contributed by atoms with Crippen LogP contribution in [-0.2, 0) is 21.7 Å². The molecule has 0 aliphatic heterocycles. The summed E-state index contributed by atoms with van der Waals surface area (Å²) in [5, 5.41) is 0. The molecule has 2 radical (unpaired) electrons. The first-order chi connectivity index (χ1) is 2.00. The molecule has 0 aliphatic carbocycles. The van der Waals surface area contributed by atoms with Gasteiger partial charge in [0.25, 0.3) is 0 Å². The molecule has 0 heterocycles. The minimum atomic E-state index is -5.61. The third-order valence-electron chi connectivity index (χ3n) is 0. The van der Waals surface area contributed by atoms with Crippen molar-refractivity contribution < 1.29 is 40.9 Å². The molecule has 0 unspecified atom stereocenters. The van der Waals surface area contributed by atoms with Crippen LogP contribution in [0.3, 0.4) is 0 Å². The molecule has 4 nitrogen and oxygen atoms in total. The van der Waals surface area contributed by atoms with E-state index in [1.165, 1.54) is 0 Å². The predicted octanol–water partition coefficient (Wildman–Crippen LogP) is -5.52. The van der Waals surface area contributed by atoms with Gasteiger partial charge in [-0.15, -0.1) is 0 Å². The Bertz CT molecular complexity index is 27.2. The number of hydrogen-bond donors (Lipinski definition) is 0. The zero-order chi connectivity index (χ0) is 4.50. The zero-order valence-electron chi connectivity index (χ0n) is 3.13. The Hall–Kier alpha value is 1.31. The van der Waals surface area contributed by atoms with Crippen molar-refractivity contribution >= 4 is 26.6 Å². The molecule has 0 aromatic carbocycles. The van der Waals surface area contributed by atoms with Gasteiger partial charge in [0, 0.05) is 0 Å². The summed E-state index contributed by atoms with van der Waals surface area (Å²) in [5.41, 5.74) is 0. The van der Waals surface area contributed by atoms with E-state index >= 15 is 0 Å². The van der Waals surface area contributed by atoms with E-state index in [1.54, 1.807) is 0 Å². The molecule has 7 heavy (non-hydrogen) atoms. The molecule has 0 aromatic rings. The Morgan fingerprint density at radius 2 is 0.857 bits per heavy atom. The van der Waals surface area contributed by atoms with Crippen molar-refractivity contribution in [2.45, 2.75) is 0 Å². The summed E-state index contributed by atoms with van der Waals surface area (Å²) in [6, 6.07) is 0. The van der Waals surface area contributed by atoms with Crippen LogP contribution < -0.4 is 19.2 Å². The smallest absolute Gasteiger partial charge is 0.894 e. The van der Waals surface area contributed by atoms with Crippen molar-refractivity contribution in [3.63, 3.8) is 0 Å². The van der Waals surface area contributed by atoms with Crippen molar-refractivity contribution in [2.75, 3.05) is 0 Å².